The van der Waals surface area contributed by atoms with Gasteiger partial charge in [-0.2, -0.15) is 0 Å². The molecule has 0 saturated carbocycles. The highest BCUT2D eigenvalue weighted by Gasteiger charge is 2.37. The minimum absolute atomic E-state index is 0.0179. The van der Waals surface area contributed by atoms with Gasteiger partial charge in [0.1, 0.15) is 18.4 Å². The van der Waals surface area contributed by atoms with Crippen molar-refractivity contribution in [1.29, 1.82) is 0 Å². The molecule has 0 radical (unpaired) electrons. The van der Waals surface area contributed by atoms with Crippen LogP contribution in [0.3, 0.4) is 0 Å². The molecule has 12 heteroatoms. The van der Waals surface area contributed by atoms with E-state index in [1.165, 1.54) is 12.4 Å². The molecule has 0 spiro atoms. The number of aliphatic hydroxyl groups excluding tert-OH is 1. The van der Waals surface area contributed by atoms with Gasteiger partial charge in [0.05, 0.1) is 23.9 Å². The molecule has 1 aromatic heterocycles. The van der Waals surface area contributed by atoms with Crippen molar-refractivity contribution in [3.63, 3.8) is 0 Å². The summed E-state index contributed by atoms with van der Waals surface area (Å²) in [6.07, 6.45) is -3.38. The van der Waals surface area contributed by atoms with E-state index in [4.69, 9.17) is 0 Å². The highest BCUT2D eigenvalue weighted by atomic mass is 19.4. The number of hydrogen-bond donors (Lipinski definition) is 2. The van der Waals surface area contributed by atoms with E-state index in [-0.39, 0.29) is 17.5 Å². The van der Waals surface area contributed by atoms with Crippen LogP contribution in [0.4, 0.5) is 23.4 Å². The Morgan fingerprint density at radius 2 is 1.89 bits per heavy atom. The van der Waals surface area contributed by atoms with Gasteiger partial charge >= 0.3 is 6.36 Å². The third-order valence-electron chi connectivity index (χ3n) is 6.84. The molecule has 2 unspecified atom stereocenters. The molecule has 37 heavy (non-hydrogen) atoms. The first-order valence-corrected chi connectivity index (χ1v) is 12.3. The molecule has 0 bridgehead atoms. The number of benzene rings is 1. The van der Waals surface area contributed by atoms with Crippen LogP contribution in [0.2, 0.25) is 0 Å². The third kappa shape index (κ3) is 6.02. The molecule has 2 N–H and O–H groups in total. The van der Waals surface area contributed by atoms with Crippen molar-refractivity contribution in [3.8, 4) is 5.75 Å². The lowest BCUT2D eigenvalue weighted by Crippen LogP contribution is -2.58. The van der Waals surface area contributed by atoms with Crippen molar-refractivity contribution >= 4 is 12.1 Å². The van der Waals surface area contributed by atoms with Gasteiger partial charge in [-0.15, -0.1) is 13.2 Å². The van der Waals surface area contributed by atoms with Gasteiger partial charge in [0, 0.05) is 37.8 Å². The van der Waals surface area contributed by atoms with Crippen LogP contribution in [-0.4, -0.2) is 71.0 Å². The molecule has 1 aromatic carbocycles. The number of nitrogens with one attached hydrogen (secondary N) is 1. The van der Waals surface area contributed by atoms with E-state index in [0.29, 0.717) is 44.6 Å². The lowest BCUT2D eigenvalue weighted by Gasteiger charge is -2.43. The first kappa shape index (κ1) is 27.2. The molecule has 4 atom stereocenters. The van der Waals surface area contributed by atoms with Crippen LogP contribution in [0.25, 0.3) is 0 Å². The average Bonchev–Trinajstić information content (AvgIpc) is 3.13. The summed E-state index contributed by atoms with van der Waals surface area (Å²) in [5.74, 6) is -2.03. The maximum atomic E-state index is 14.4. The molecule has 2 aromatic rings. The van der Waals surface area contributed by atoms with E-state index in [1.54, 1.807) is 0 Å². The fourth-order valence-electron chi connectivity index (χ4n) is 5.21. The molecule has 8 nitrogen and oxygen atoms in total. The first-order chi connectivity index (χ1) is 17.5. The van der Waals surface area contributed by atoms with Crippen molar-refractivity contribution in [2.75, 3.05) is 31.1 Å². The van der Waals surface area contributed by atoms with Crippen molar-refractivity contribution < 1.29 is 32.2 Å². The summed E-state index contributed by atoms with van der Waals surface area (Å²) in [6, 6.07) is 3.08. The zero-order valence-electron chi connectivity index (χ0n) is 20.9. The van der Waals surface area contributed by atoms with Gasteiger partial charge in [0.25, 0.3) is 0 Å². The van der Waals surface area contributed by atoms with Crippen molar-refractivity contribution in [3.05, 3.63) is 47.2 Å². The topological polar surface area (TPSA) is 90.8 Å². The Morgan fingerprint density at radius 1 is 1.19 bits per heavy atom. The zero-order valence-corrected chi connectivity index (χ0v) is 20.9. The van der Waals surface area contributed by atoms with Gasteiger partial charge in [0.15, 0.2) is 11.6 Å². The highest BCUT2D eigenvalue weighted by molar-refractivity contribution is 5.64. The monoisotopic (exact) mass is 525 g/mol. The van der Waals surface area contributed by atoms with Crippen molar-refractivity contribution in [1.82, 2.24) is 20.2 Å². The Morgan fingerprint density at radius 3 is 2.49 bits per heavy atom. The number of aldehydes is 1. The molecule has 1 fully saturated rings. The van der Waals surface area contributed by atoms with Gasteiger partial charge < -0.3 is 19.5 Å². The molecule has 2 aliphatic rings. The number of rotatable bonds is 8. The van der Waals surface area contributed by atoms with Gasteiger partial charge in [0.2, 0.25) is 0 Å². The maximum absolute atomic E-state index is 14.4. The normalized spacial score (nSPS) is 22.1. The van der Waals surface area contributed by atoms with E-state index in [1.807, 2.05) is 20.8 Å². The number of aliphatic hydroxyl groups is 1. The largest absolute Gasteiger partial charge is 0.573 e. The van der Waals surface area contributed by atoms with E-state index in [0.717, 1.165) is 23.5 Å². The quantitative estimate of drug-likeness (QED) is 0.400. The molecule has 4 rings (SSSR count). The number of fused-ring (bicyclic) bond motifs is 1. The Hall–Kier alpha value is -2.83. The molecule has 1 saturated heterocycles. The smallest absolute Gasteiger partial charge is 0.403 e. The van der Waals surface area contributed by atoms with Gasteiger partial charge in [-0.25, -0.2) is 14.4 Å². The van der Waals surface area contributed by atoms with E-state index in [9.17, 15) is 27.5 Å². The fourth-order valence-corrected chi connectivity index (χ4v) is 5.21. The summed E-state index contributed by atoms with van der Waals surface area (Å²) in [6.45, 7) is 8.19. The van der Waals surface area contributed by atoms with E-state index < -0.39 is 36.1 Å². The maximum Gasteiger partial charge on any atom is 0.573 e. The second-order valence-corrected chi connectivity index (χ2v) is 9.84. The van der Waals surface area contributed by atoms with Crippen LogP contribution in [0.5, 0.6) is 5.75 Å². The summed E-state index contributed by atoms with van der Waals surface area (Å²) in [7, 11) is 0. The summed E-state index contributed by atoms with van der Waals surface area (Å²) >= 11 is 0. The Bertz CT molecular complexity index is 1110. The van der Waals surface area contributed by atoms with Crippen LogP contribution < -0.4 is 15.0 Å². The van der Waals surface area contributed by atoms with Crippen LogP contribution in [-0.2, 0) is 4.79 Å². The molecule has 0 amide bonds. The second-order valence-electron chi connectivity index (χ2n) is 9.84. The number of ether oxygens (including phenoxy) is 1. The van der Waals surface area contributed by atoms with Crippen LogP contribution in [0.1, 0.15) is 62.0 Å². The van der Waals surface area contributed by atoms with Gasteiger partial charge in [-0.3, -0.25) is 10.2 Å². The minimum Gasteiger partial charge on any atom is -0.403 e. The first-order valence-electron chi connectivity index (χ1n) is 12.3. The molecule has 202 valence electrons. The number of alkyl halides is 3. The lowest BCUT2D eigenvalue weighted by atomic mass is 9.95. The Labute approximate surface area is 212 Å². The van der Waals surface area contributed by atoms with Crippen LogP contribution in [0, 0.1) is 5.82 Å². The van der Waals surface area contributed by atoms with E-state index in [2.05, 4.69) is 29.8 Å². The number of piperazine rings is 1. The molecular weight excluding hydrogens is 494 g/mol. The van der Waals surface area contributed by atoms with Crippen molar-refractivity contribution in [2.24, 2.45) is 0 Å². The SMILES string of the molecule is CC(C)NC(C(C=O)c1ccc(OC(F)(F)F)c(F)c1)N1CCN(c2ncnc3c2[C@H](C)C[C@H]3O)CC1. The number of nitrogens with zero attached hydrogens (tertiary/aromatic N) is 4. The summed E-state index contributed by atoms with van der Waals surface area (Å²) < 4.78 is 55.8. The summed E-state index contributed by atoms with van der Waals surface area (Å²) in [5.41, 5.74) is 1.88. The predicted molar refractivity (Wildman–Crippen MR) is 128 cm³/mol. The number of anilines is 1. The molecule has 1 aliphatic carbocycles. The lowest BCUT2D eigenvalue weighted by molar-refractivity contribution is -0.275. The molecular formula is C25H31F4N5O3. The fraction of sp³-hybridized carbons (Fsp3) is 0.560. The van der Waals surface area contributed by atoms with Crippen molar-refractivity contribution in [2.45, 2.75) is 63.7 Å². The highest BCUT2D eigenvalue weighted by Crippen LogP contribution is 2.43. The second kappa shape index (κ2) is 10.9. The van der Waals surface area contributed by atoms with Gasteiger partial charge in [-0.05, 0) is 43.9 Å². The number of carbonyl (C=O) groups excluding carboxylic acids is 1. The number of hydrogen-bond acceptors (Lipinski definition) is 8. The Kier molecular flexibility index (Phi) is 8.00. The average molecular weight is 526 g/mol. The van der Waals surface area contributed by atoms with Crippen LogP contribution in [0.15, 0.2) is 24.5 Å². The van der Waals surface area contributed by atoms with Crippen LogP contribution >= 0.6 is 0 Å². The number of carbonyl (C=O) groups is 1. The summed E-state index contributed by atoms with van der Waals surface area (Å²) in [5, 5.41) is 13.7. The Balaban J connectivity index is 1.53. The third-order valence-corrected chi connectivity index (χ3v) is 6.84. The zero-order chi connectivity index (χ0) is 26.9. The predicted octanol–water partition coefficient (Wildman–Crippen LogP) is 3.48. The minimum atomic E-state index is -5.02. The summed E-state index contributed by atoms with van der Waals surface area (Å²) in [4.78, 5) is 25.2. The number of aromatic nitrogens is 2. The van der Waals surface area contributed by atoms with E-state index >= 15 is 0 Å². The standard InChI is InChI=1S/C25H31F4N5O3/c1-14(2)32-23(17(12-35)16-4-5-20(18(26)11-16)37-25(27,28)29)33-6-8-34(9-7-33)24-21-15(3)10-19(36)22(21)30-13-31-24/h4-5,11-15,17,19,23,32,36H,6-10H2,1-3H3/t15-,17?,19-,23?/m1/s1. The molecule has 1 aliphatic heterocycles. The molecule has 2 heterocycles. The number of halogens is 4. The van der Waals surface area contributed by atoms with Gasteiger partial charge in [-0.1, -0.05) is 13.0 Å².